The third-order valence-electron chi connectivity index (χ3n) is 2.57. The van der Waals surface area contributed by atoms with E-state index in [0.717, 1.165) is 30.0 Å². The molecule has 0 heterocycles. The van der Waals surface area contributed by atoms with Gasteiger partial charge in [0.05, 0.1) is 0 Å². The van der Waals surface area contributed by atoms with E-state index in [1.54, 1.807) is 11.8 Å². The fourth-order valence-corrected chi connectivity index (χ4v) is 2.05. The maximum absolute atomic E-state index is 11.6. The Kier molecular flexibility index (Phi) is 6.65. The second-order valence-corrected chi connectivity index (χ2v) is 5.53. The third kappa shape index (κ3) is 5.96. The molecule has 0 saturated heterocycles. The molecule has 0 atom stereocenters. The van der Waals surface area contributed by atoms with Gasteiger partial charge in [0.25, 0.3) is 0 Å². The Morgan fingerprint density at radius 1 is 1.39 bits per heavy atom. The van der Waals surface area contributed by atoms with Crippen molar-refractivity contribution in [2.75, 3.05) is 18.1 Å². The van der Waals surface area contributed by atoms with Crippen LogP contribution in [-0.2, 0) is 0 Å². The zero-order chi connectivity index (χ0) is 13.4. The number of carbonyl (C=O) groups is 1. The highest BCUT2D eigenvalue weighted by Crippen LogP contribution is 2.18. The van der Waals surface area contributed by atoms with Crippen LogP contribution in [0.5, 0.6) is 0 Å². The Morgan fingerprint density at radius 2 is 2.17 bits per heavy atom. The first-order valence-electron chi connectivity index (χ1n) is 6.30. The molecule has 2 N–H and O–H groups in total. The summed E-state index contributed by atoms with van der Waals surface area (Å²) in [6.45, 7) is 5.11. The van der Waals surface area contributed by atoms with Crippen molar-refractivity contribution in [1.82, 2.24) is 5.32 Å². The van der Waals surface area contributed by atoms with E-state index in [1.807, 2.05) is 30.5 Å². The zero-order valence-electron chi connectivity index (χ0n) is 11.3. The number of rotatable bonds is 6. The number of urea groups is 1. The molecular formula is C14H22N2OS. The van der Waals surface area contributed by atoms with Gasteiger partial charge in [0.1, 0.15) is 0 Å². The van der Waals surface area contributed by atoms with Crippen LogP contribution >= 0.6 is 11.8 Å². The van der Waals surface area contributed by atoms with E-state index >= 15 is 0 Å². The number of nitrogens with one attached hydrogen (secondary N) is 2. The molecule has 0 unspecified atom stereocenters. The molecule has 0 aliphatic rings. The number of hydrogen-bond donors (Lipinski definition) is 2. The predicted octanol–water partition coefficient (Wildman–Crippen LogP) is 3.97. The van der Waals surface area contributed by atoms with Crippen LogP contribution in [-0.4, -0.2) is 18.8 Å². The average Bonchev–Trinajstić information content (AvgIpc) is 2.34. The van der Waals surface area contributed by atoms with Gasteiger partial charge in [-0.3, -0.25) is 0 Å². The molecule has 0 radical (unpaired) electrons. The van der Waals surface area contributed by atoms with Crippen molar-refractivity contribution in [3.05, 3.63) is 24.3 Å². The van der Waals surface area contributed by atoms with Crippen molar-refractivity contribution in [3.8, 4) is 0 Å². The van der Waals surface area contributed by atoms with Crippen LogP contribution in [0.25, 0.3) is 0 Å². The van der Waals surface area contributed by atoms with Crippen molar-refractivity contribution in [2.24, 2.45) is 5.92 Å². The lowest BCUT2D eigenvalue weighted by atomic mass is 10.1. The number of thioether (sulfide) groups is 1. The fraction of sp³-hybridized carbons (Fsp3) is 0.500. The van der Waals surface area contributed by atoms with Gasteiger partial charge in [-0.15, -0.1) is 11.8 Å². The second kappa shape index (κ2) is 8.03. The molecule has 0 saturated carbocycles. The van der Waals surface area contributed by atoms with Crippen molar-refractivity contribution >= 4 is 23.5 Å². The first kappa shape index (κ1) is 14.9. The van der Waals surface area contributed by atoms with E-state index in [4.69, 9.17) is 0 Å². The standard InChI is InChI=1S/C14H22N2OS/c1-11(2)6-5-9-15-14(17)16-12-7-4-8-13(10-12)18-3/h4,7-8,10-11H,5-6,9H2,1-3H3,(H2,15,16,17). The Bertz CT molecular complexity index is 380. The van der Waals surface area contributed by atoms with Crippen LogP contribution in [0.1, 0.15) is 26.7 Å². The van der Waals surface area contributed by atoms with Gasteiger partial charge in [-0.05, 0) is 43.2 Å². The summed E-state index contributed by atoms with van der Waals surface area (Å²) in [5, 5.41) is 5.71. The highest BCUT2D eigenvalue weighted by atomic mass is 32.2. The van der Waals surface area contributed by atoms with Crippen LogP contribution in [0.3, 0.4) is 0 Å². The minimum absolute atomic E-state index is 0.128. The highest BCUT2D eigenvalue weighted by Gasteiger charge is 2.02. The molecule has 18 heavy (non-hydrogen) atoms. The summed E-state index contributed by atoms with van der Waals surface area (Å²) >= 11 is 1.66. The second-order valence-electron chi connectivity index (χ2n) is 4.65. The Hall–Kier alpha value is -1.16. The number of benzene rings is 1. The van der Waals surface area contributed by atoms with E-state index in [2.05, 4.69) is 24.5 Å². The smallest absolute Gasteiger partial charge is 0.319 e. The summed E-state index contributed by atoms with van der Waals surface area (Å²) < 4.78 is 0. The Labute approximate surface area is 114 Å². The molecule has 0 aliphatic heterocycles. The van der Waals surface area contributed by atoms with E-state index in [9.17, 15) is 4.79 Å². The molecular weight excluding hydrogens is 244 g/mol. The summed E-state index contributed by atoms with van der Waals surface area (Å²) in [4.78, 5) is 12.8. The van der Waals surface area contributed by atoms with Gasteiger partial charge >= 0.3 is 6.03 Å². The molecule has 4 heteroatoms. The molecule has 0 bridgehead atoms. The van der Waals surface area contributed by atoms with E-state index in [0.29, 0.717) is 5.92 Å². The van der Waals surface area contributed by atoms with Crippen LogP contribution in [0, 0.1) is 5.92 Å². The molecule has 3 nitrogen and oxygen atoms in total. The van der Waals surface area contributed by atoms with Crippen molar-refractivity contribution in [1.29, 1.82) is 0 Å². The van der Waals surface area contributed by atoms with E-state index < -0.39 is 0 Å². The molecule has 2 amide bonds. The van der Waals surface area contributed by atoms with Crippen LogP contribution in [0.4, 0.5) is 10.5 Å². The van der Waals surface area contributed by atoms with Crippen molar-refractivity contribution in [2.45, 2.75) is 31.6 Å². The third-order valence-corrected chi connectivity index (χ3v) is 3.30. The lowest BCUT2D eigenvalue weighted by Gasteiger charge is -2.09. The van der Waals surface area contributed by atoms with Crippen LogP contribution in [0.2, 0.25) is 0 Å². The monoisotopic (exact) mass is 266 g/mol. The van der Waals surface area contributed by atoms with Crippen molar-refractivity contribution < 1.29 is 4.79 Å². The quantitative estimate of drug-likeness (QED) is 0.604. The van der Waals surface area contributed by atoms with E-state index in [-0.39, 0.29) is 6.03 Å². The number of amides is 2. The van der Waals surface area contributed by atoms with E-state index in [1.165, 1.54) is 0 Å². The fourth-order valence-electron chi connectivity index (χ4n) is 1.59. The Morgan fingerprint density at radius 3 is 2.83 bits per heavy atom. The lowest BCUT2D eigenvalue weighted by molar-refractivity contribution is 0.251. The number of anilines is 1. The average molecular weight is 266 g/mol. The SMILES string of the molecule is CSc1cccc(NC(=O)NCCCC(C)C)c1. The summed E-state index contributed by atoms with van der Waals surface area (Å²) in [6, 6.07) is 7.71. The number of hydrogen-bond acceptors (Lipinski definition) is 2. The molecule has 0 fully saturated rings. The minimum Gasteiger partial charge on any atom is -0.338 e. The van der Waals surface area contributed by atoms with Gasteiger partial charge in [0, 0.05) is 17.1 Å². The van der Waals surface area contributed by atoms with Gasteiger partial charge in [0.15, 0.2) is 0 Å². The Balaban J connectivity index is 2.30. The molecule has 0 aliphatic carbocycles. The lowest BCUT2D eigenvalue weighted by Crippen LogP contribution is -2.29. The number of carbonyl (C=O) groups excluding carboxylic acids is 1. The molecule has 1 aromatic rings. The first-order valence-corrected chi connectivity index (χ1v) is 7.53. The van der Waals surface area contributed by atoms with Crippen molar-refractivity contribution in [3.63, 3.8) is 0 Å². The van der Waals surface area contributed by atoms with Gasteiger partial charge < -0.3 is 10.6 Å². The zero-order valence-corrected chi connectivity index (χ0v) is 12.1. The molecule has 100 valence electrons. The van der Waals surface area contributed by atoms with Crippen LogP contribution < -0.4 is 10.6 Å². The first-order chi connectivity index (χ1) is 8.61. The normalized spacial score (nSPS) is 10.4. The van der Waals surface area contributed by atoms with Gasteiger partial charge in [-0.2, -0.15) is 0 Å². The topological polar surface area (TPSA) is 41.1 Å². The van der Waals surface area contributed by atoms with Gasteiger partial charge in [-0.25, -0.2) is 4.79 Å². The summed E-state index contributed by atoms with van der Waals surface area (Å²) in [5.41, 5.74) is 0.836. The summed E-state index contributed by atoms with van der Waals surface area (Å²) in [6.07, 6.45) is 4.18. The molecule has 0 spiro atoms. The maximum atomic E-state index is 11.6. The highest BCUT2D eigenvalue weighted by molar-refractivity contribution is 7.98. The summed E-state index contributed by atoms with van der Waals surface area (Å²) in [7, 11) is 0. The summed E-state index contributed by atoms with van der Waals surface area (Å²) in [5.74, 6) is 0.688. The molecule has 1 aromatic carbocycles. The van der Waals surface area contributed by atoms with Crippen LogP contribution in [0.15, 0.2) is 29.2 Å². The van der Waals surface area contributed by atoms with Gasteiger partial charge in [0.2, 0.25) is 0 Å². The molecule has 1 rings (SSSR count). The minimum atomic E-state index is -0.128. The predicted molar refractivity (Wildman–Crippen MR) is 79.3 cm³/mol. The van der Waals surface area contributed by atoms with Gasteiger partial charge in [-0.1, -0.05) is 19.9 Å². The maximum Gasteiger partial charge on any atom is 0.319 e. The largest absolute Gasteiger partial charge is 0.338 e. The molecule has 0 aromatic heterocycles.